The Kier molecular flexibility index (Phi) is 9.14. The summed E-state index contributed by atoms with van der Waals surface area (Å²) in [7, 11) is -4.03. The lowest BCUT2D eigenvalue weighted by Crippen LogP contribution is -2.50. The number of sulfonamides is 1. The highest BCUT2D eigenvalue weighted by molar-refractivity contribution is 7.89. The van der Waals surface area contributed by atoms with E-state index >= 15 is 0 Å². The fourth-order valence-corrected chi connectivity index (χ4v) is 7.49. The minimum absolute atomic E-state index is 0.0137. The van der Waals surface area contributed by atoms with Gasteiger partial charge in [-0.05, 0) is 42.2 Å². The highest BCUT2D eigenvalue weighted by atomic mass is 32.2. The average Bonchev–Trinajstić information content (AvgIpc) is 3.02. The Morgan fingerprint density at radius 2 is 1.32 bits per heavy atom. The first-order valence-electron chi connectivity index (χ1n) is 15.0. The van der Waals surface area contributed by atoms with Crippen LogP contribution in [0.2, 0.25) is 0 Å². The minimum Gasteiger partial charge on any atom is -0.299 e. The number of ketones is 2. The average molecular weight is 606 g/mol. The van der Waals surface area contributed by atoms with Crippen LogP contribution in [0.5, 0.6) is 0 Å². The van der Waals surface area contributed by atoms with Gasteiger partial charge in [-0.3, -0.25) is 9.59 Å². The first-order valence-corrected chi connectivity index (χ1v) is 16.5. The molecular weight excluding hydrogens is 566 g/mol. The van der Waals surface area contributed by atoms with Gasteiger partial charge in [0.1, 0.15) is 5.78 Å². The van der Waals surface area contributed by atoms with Gasteiger partial charge >= 0.3 is 0 Å². The highest BCUT2D eigenvalue weighted by Gasteiger charge is 2.45. The number of carbonyl (C=O) groups is 2. The van der Waals surface area contributed by atoms with Gasteiger partial charge in [0.2, 0.25) is 10.0 Å². The molecule has 0 saturated heterocycles. The summed E-state index contributed by atoms with van der Waals surface area (Å²) in [4.78, 5) is 28.4. The largest absolute Gasteiger partial charge is 0.299 e. The molecule has 2 atom stereocenters. The third-order valence-corrected chi connectivity index (χ3v) is 10.2. The maximum Gasteiger partial charge on any atom is 0.243 e. The Hall–Kier alpha value is -4.13. The second-order valence-electron chi connectivity index (χ2n) is 12.6. The Balaban J connectivity index is 1.81. The summed E-state index contributed by atoms with van der Waals surface area (Å²) in [6.07, 6.45) is 0.410. The van der Waals surface area contributed by atoms with E-state index in [2.05, 4.69) is 0 Å². The topological polar surface area (TPSA) is 71.5 Å². The third kappa shape index (κ3) is 6.67. The van der Waals surface area contributed by atoms with Crippen LogP contribution in [0.4, 0.5) is 0 Å². The predicted octanol–water partition coefficient (Wildman–Crippen LogP) is 7.57. The van der Waals surface area contributed by atoms with E-state index in [1.807, 2.05) is 107 Å². The number of rotatable bonds is 9. The summed E-state index contributed by atoms with van der Waals surface area (Å²) in [6.45, 7) is 7.51. The van der Waals surface area contributed by atoms with Gasteiger partial charge in [0.05, 0.1) is 10.9 Å². The molecule has 2 unspecified atom stereocenters. The Morgan fingerprint density at radius 1 is 0.773 bits per heavy atom. The summed E-state index contributed by atoms with van der Waals surface area (Å²) in [5.74, 6) is -0.846. The quantitative estimate of drug-likeness (QED) is 0.185. The van der Waals surface area contributed by atoms with Crippen LogP contribution in [0.25, 0.3) is 5.57 Å². The van der Waals surface area contributed by atoms with Crippen molar-refractivity contribution in [3.63, 3.8) is 0 Å². The molecule has 5 nitrogen and oxygen atoms in total. The zero-order chi connectivity index (χ0) is 31.5. The molecule has 0 bridgehead atoms. The molecule has 0 N–H and O–H groups in total. The van der Waals surface area contributed by atoms with E-state index < -0.39 is 27.4 Å². The summed E-state index contributed by atoms with van der Waals surface area (Å²) < 4.78 is 30.7. The Labute approximate surface area is 261 Å². The van der Waals surface area contributed by atoms with E-state index in [9.17, 15) is 18.0 Å². The summed E-state index contributed by atoms with van der Waals surface area (Å²) in [5, 5.41) is 0. The molecule has 0 fully saturated rings. The van der Waals surface area contributed by atoms with Crippen LogP contribution in [0.15, 0.2) is 126 Å². The van der Waals surface area contributed by atoms with Crippen molar-refractivity contribution < 1.29 is 18.0 Å². The molecule has 4 aromatic carbocycles. The molecule has 0 aromatic heterocycles. The van der Waals surface area contributed by atoms with Gasteiger partial charge in [-0.15, -0.1) is 0 Å². The van der Waals surface area contributed by atoms with Crippen molar-refractivity contribution in [1.29, 1.82) is 0 Å². The van der Waals surface area contributed by atoms with Gasteiger partial charge < -0.3 is 0 Å². The monoisotopic (exact) mass is 605 g/mol. The minimum atomic E-state index is -4.03. The molecule has 4 aromatic rings. The summed E-state index contributed by atoms with van der Waals surface area (Å²) in [6, 6.07) is 34.5. The van der Waals surface area contributed by atoms with Gasteiger partial charge in [0.15, 0.2) is 5.78 Å². The number of Topliss-reactive ketones (excluding diaryl/α,β-unsaturated/α-hetero) is 2. The second-order valence-corrected chi connectivity index (χ2v) is 14.4. The van der Waals surface area contributed by atoms with Gasteiger partial charge in [-0.25, -0.2) is 8.42 Å². The van der Waals surface area contributed by atoms with Crippen LogP contribution < -0.4 is 0 Å². The van der Waals surface area contributed by atoms with Crippen LogP contribution >= 0.6 is 0 Å². The molecule has 226 valence electrons. The van der Waals surface area contributed by atoms with Crippen LogP contribution in [0.3, 0.4) is 0 Å². The molecule has 1 aliphatic rings. The fourth-order valence-electron chi connectivity index (χ4n) is 5.85. The number of carbonyl (C=O) groups excluding carboxylic acids is 2. The molecule has 0 amide bonds. The summed E-state index contributed by atoms with van der Waals surface area (Å²) >= 11 is 0. The van der Waals surface area contributed by atoms with Crippen molar-refractivity contribution in [2.24, 2.45) is 11.3 Å². The van der Waals surface area contributed by atoms with E-state index in [1.54, 1.807) is 36.4 Å². The van der Waals surface area contributed by atoms with E-state index in [4.69, 9.17) is 0 Å². The SMILES string of the molecule is Cc1ccc(S(=O)(=O)N2CC(CC(=O)C(C)(C)C)C(C(=O)c3ccccc3)=C(c3ccccc3)C2Cc2ccccc2)cc1. The predicted molar refractivity (Wildman–Crippen MR) is 176 cm³/mol. The van der Waals surface area contributed by atoms with E-state index in [0.717, 1.165) is 16.7 Å². The lowest BCUT2D eigenvalue weighted by atomic mass is 9.74. The van der Waals surface area contributed by atoms with Gasteiger partial charge in [0, 0.05) is 35.4 Å². The molecule has 0 saturated carbocycles. The van der Waals surface area contributed by atoms with Crippen molar-refractivity contribution in [1.82, 2.24) is 4.31 Å². The third-order valence-electron chi connectivity index (χ3n) is 8.31. The number of nitrogens with zero attached hydrogens (tertiary/aromatic N) is 1. The number of hydrogen-bond acceptors (Lipinski definition) is 4. The van der Waals surface area contributed by atoms with Crippen molar-refractivity contribution in [3.05, 3.63) is 143 Å². The molecule has 1 heterocycles. The fraction of sp³-hybridized carbons (Fsp3) is 0.263. The Bertz CT molecular complexity index is 1760. The van der Waals surface area contributed by atoms with Crippen molar-refractivity contribution >= 4 is 27.2 Å². The normalized spacial score (nSPS) is 17.8. The maximum absolute atomic E-state index is 14.6. The smallest absolute Gasteiger partial charge is 0.243 e. The van der Waals surface area contributed by atoms with E-state index in [-0.39, 0.29) is 29.4 Å². The van der Waals surface area contributed by atoms with Gasteiger partial charge in [-0.2, -0.15) is 4.31 Å². The van der Waals surface area contributed by atoms with Crippen molar-refractivity contribution in [2.45, 2.75) is 51.5 Å². The van der Waals surface area contributed by atoms with Gasteiger partial charge in [0.25, 0.3) is 0 Å². The first kappa shape index (κ1) is 31.3. The van der Waals surface area contributed by atoms with Crippen LogP contribution in [0, 0.1) is 18.3 Å². The molecule has 44 heavy (non-hydrogen) atoms. The molecule has 0 aliphatic carbocycles. The van der Waals surface area contributed by atoms with Crippen LogP contribution in [-0.4, -0.2) is 36.9 Å². The molecule has 1 aliphatic heterocycles. The van der Waals surface area contributed by atoms with Crippen LogP contribution in [-0.2, 0) is 21.2 Å². The highest BCUT2D eigenvalue weighted by Crippen LogP contribution is 2.43. The van der Waals surface area contributed by atoms with Crippen molar-refractivity contribution in [2.75, 3.05) is 6.54 Å². The van der Waals surface area contributed by atoms with Gasteiger partial charge in [-0.1, -0.05) is 129 Å². The second kappa shape index (κ2) is 12.8. The number of aryl methyl sites for hydroxylation is 1. The lowest BCUT2D eigenvalue weighted by molar-refractivity contribution is -0.127. The molecular formula is C38H39NO4S. The molecule has 0 spiro atoms. The Morgan fingerprint density at radius 3 is 1.89 bits per heavy atom. The number of hydrogen-bond donors (Lipinski definition) is 0. The molecule has 5 rings (SSSR count). The van der Waals surface area contributed by atoms with E-state index in [1.165, 1.54) is 4.31 Å². The zero-order valence-electron chi connectivity index (χ0n) is 25.7. The first-order chi connectivity index (χ1) is 21.0. The zero-order valence-corrected chi connectivity index (χ0v) is 26.6. The maximum atomic E-state index is 14.6. The van der Waals surface area contributed by atoms with E-state index in [0.29, 0.717) is 23.1 Å². The van der Waals surface area contributed by atoms with Crippen LogP contribution in [0.1, 0.15) is 54.2 Å². The number of benzene rings is 4. The molecule has 0 radical (unpaired) electrons. The molecule has 6 heteroatoms. The standard InChI is InChI=1S/C38H39NO4S/c1-27-20-22-32(23-21-27)44(42,43)39-26-31(25-34(40)38(2,3)4)36(37(41)30-18-12-7-13-19-30)35(29-16-10-6-11-17-29)33(39)24-28-14-8-5-9-15-28/h5-23,31,33H,24-26H2,1-4H3. The lowest BCUT2D eigenvalue weighted by Gasteiger charge is -2.42. The summed E-state index contributed by atoms with van der Waals surface area (Å²) in [5.41, 5.74) is 3.69. The van der Waals surface area contributed by atoms with Crippen molar-refractivity contribution in [3.8, 4) is 0 Å².